The normalized spacial score (nSPS) is 18.4. The molecule has 0 spiro atoms. The lowest BCUT2D eigenvalue weighted by molar-refractivity contribution is 0.332. The van der Waals surface area contributed by atoms with Gasteiger partial charge >= 0.3 is 0 Å². The summed E-state index contributed by atoms with van der Waals surface area (Å²) in [4.78, 5) is 5.39. The molecule has 2 nitrogen and oxygen atoms in total. The van der Waals surface area contributed by atoms with E-state index in [1.807, 2.05) is 11.3 Å². The van der Waals surface area contributed by atoms with E-state index in [1.165, 1.54) is 141 Å². The minimum absolute atomic E-state index is 0.00749. The maximum atomic E-state index is 2.74. The number of aryl methyl sites for hydroxylation is 1. The van der Waals surface area contributed by atoms with Crippen LogP contribution in [-0.2, 0) is 37.9 Å². The number of hydrogen-bond acceptors (Lipinski definition) is 3. The van der Waals surface area contributed by atoms with Crippen molar-refractivity contribution in [3.63, 3.8) is 0 Å². The Kier molecular flexibility index (Phi) is 10.5. The molecule has 4 heteroatoms. The quantitative estimate of drug-likeness (QED) is 0.163. The van der Waals surface area contributed by atoms with Crippen LogP contribution >= 0.6 is 11.3 Å². The standard InChI is InChI=1S/C67H79BN2S/c1-40-33-55-59-56(34-40)70(53-27-22-43(62(5,6)7)36-46(53)41-19-26-48-49(35-41)65(13,14)30-29-64(48,11)12)54-39-51-50(66(15,16)31-32-67(51,17)18)38-52(54)68(59)58-47-37-44(63(8,9)10)23-28-57(47)71-60(58)69(55)45-24-20-42(21-25-45)61(2,3)4/h19-28,33-39H,29-32H2,1-18H3. The fraction of sp³-hybridized carbons (Fsp3) is 0.433. The highest BCUT2D eigenvalue weighted by Gasteiger charge is 2.48. The third-order valence-corrected chi connectivity index (χ3v) is 19.1. The van der Waals surface area contributed by atoms with Crippen LogP contribution in [0.2, 0.25) is 0 Å². The van der Waals surface area contributed by atoms with Crippen molar-refractivity contribution in [1.29, 1.82) is 0 Å². The molecule has 0 fully saturated rings. The molecule has 0 atom stereocenters. The zero-order valence-electron chi connectivity index (χ0n) is 46.5. The van der Waals surface area contributed by atoms with Crippen molar-refractivity contribution in [2.24, 2.45) is 0 Å². The van der Waals surface area contributed by atoms with Gasteiger partial charge in [0, 0.05) is 33.0 Å². The molecule has 0 radical (unpaired) electrons. The van der Waals surface area contributed by atoms with E-state index >= 15 is 0 Å². The van der Waals surface area contributed by atoms with Crippen molar-refractivity contribution in [3.05, 3.63) is 148 Å². The molecule has 0 saturated carbocycles. The van der Waals surface area contributed by atoms with Crippen molar-refractivity contribution in [3.8, 4) is 11.1 Å². The molecule has 7 aromatic rings. The first-order valence-corrected chi connectivity index (χ1v) is 27.7. The zero-order valence-corrected chi connectivity index (χ0v) is 47.3. The van der Waals surface area contributed by atoms with Gasteiger partial charge in [-0.3, -0.25) is 0 Å². The van der Waals surface area contributed by atoms with E-state index in [0.717, 1.165) is 0 Å². The third kappa shape index (κ3) is 7.60. The van der Waals surface area contributed by atoms with Crippen LogP contribution in [0.5, 0.6) is 0 Å². The van der Waals surface area contributed by atoms with Crippen molar-refractivity contribution < 1.29 is 0 Å². The minimum Gasteiger partial charge on any atom is -0.311 e. The summed E-state index contributed by atoms with van der Waals surface area (Å²) in [5.74, 6) is 0. The number of fused-ring (bicyclic) bond motifs is 8. The Balaban J connectivity index is 1.28. The SMILES string of the molecule is Cc1cc2c3c(c1)N(c1ccc(C(C)(C)C)cc1)c1sc4ccc(C(C)(C)C)cc4c1B3c1cc3c(cc1N2c1ccc(C(C)(C)C)cc1-c1ccc2c(c1)C(C)(C)CCC2(C)C)C(C)(C)CCC3(C)C. The lowest BCUT2D eigenvalue weighted by Crippen LogP contribution is -2.61. The van der Waals surface area contributed by atoms with Gasteiger partial charge in [-0.05, 0) is 191 Å². The van der Waals surface area contributed by atoms with Gasteiger partial charge in [-0.1, -0.05) is 172 Å². The first kappa shape index (κ1) is 48.2. The van der Waals surface area contributed by atoms with E-state index in [2.05, 4.69) is 238 Å². The van der Waals surface area contributed by atoms with Crippen LogP contribution in [0.4, 0.5) is 33.4 Å². The van der Waals surface area contributed by atoms with E-state index in [-0.39, 0.29) is 44.6 Å². The van der Waals surface area contributed by atoms with Crippen molar-refractivity contribution in [2.45, 2.75) is 188 Å². The minimum atomic E-state index is -0.0316. The van der Waals surface area contributed by atoms with Crippen LogP contribution in [0.1, 0.15) is 188 Å². The molecule has 71 heavy (non-hydrogen) atoms. The predicted molar refractivity (Wildman–Crippen MR) is 313 cm³/mol. The third-order valence-electron chi connectivity index (χ3n) is 17.9. The molecule has 6 aromatic carbocycles. The fourth-order valence-corrected chi connectivity index (χ4v) is 14.2. The molecule has 1 aromatic heterocycles. The molecule has 0 N–H and O–H groups in total. The van der Waals surface area contributed by atoms with Gasteiger partial charge < -0.3 is 9.80 Å². The van der Waals surface area contributed by atoms with Crippen LogP contribution < -0.4 is 26.2 Å². The maximum absolute atomic E-state index is 2.74. The topological polar surface area (TPSA) is 6.48 Å². The molecular formula is C67H79BN2S. The molecule has 11 rings (SSSR count). The molecule has 2 aliphatic heterocycles. The number of rotatable bonds is 3. The van der Waals surface area contributed by atoms with E-state index in [9.17, 15) is 0 Å². The van der Waals surface area contributed by atoms with Crippen molar-refractivity contribution in [2.75, 3.05) is 9.80 Å². The largest absolute Gasteiger partial charge is 0.311 e. The smallest absolute Gasteiger partial charge is 0.254 e. The Hall–Kier alpha value is -5.06. The first-order valence-electron chi connectivity index (χ1n) is 26.9. The summed E-state index contributed by atoms with van der Waals surface area (Å²) in [7, 11) is 0. The molecule has 0 unspecified atom stereocenters. The van der Waals surface area contributed by atoms with Gasteiger partial charge in [0.05, 0.1) is 10.7 Å². The maximum Gasteiger partial charge on any atom is 0.254 e. The summed E-state index contributed by atoms with van der Waals surface area (Å²) in [6, 6.07) is 42.4. The highest BCUT2D eigenvalue weighted by Crippen LogP contribution is 2.54. The summed E-state index contributed by atoms with van der Waals surface area (Å²) < 4.78 is 1.35. The lowest BCUT2D eigenvalue weighted by Gasteiger charge is -2.47. The monoisotopic (exact) mass is 955 g/mol. The van der Waals surface area contributed by atoms with Gasteiger partial charge in [-0.15, -0.1) is 11.3 Å². The lowest BCUT2D eigenvalue weighted by atomic mass is 9.33. The van der Waals surface area contributed by atoms with Crippen LogP contribution in [0.3, 0.4) is 0 Å². The van der Waals surface area contributed by atoms with Crippen LogP contribution in [0, 0.1) is 6.92 Å². The van der Waals surface area contributed by atoms with Gasteiger partial charge in [0.2, 0.25) is 0 Å². The molecule has 0 bridgehead atoms. The summed E-state index contributed by atoms with van der Waals surface area (Å²) in [5, 5.41) is 2.73. The molecule has 2 aliphatic carbocycles. The van der Waals surface area contributed by atoms with E-state index < -0.39 is 0 Å². The van der Waals surface area contributed by atoms with Crippen LogP contribution in [-0.4, -0.2) is 6.71 Å². The zero-order chi connectivity index (χ0) is 50.9. The van der Waals surface area contributed by atoms with Crippen LogP contribution in [0.15, 0.2) is 103 Å². The summed E-state index contributed by atoms with van der Waals surface area (Å²) in [5.41, 5.74) is 25.0. The van der Waals surface area contributed by atoms with Gasteiger partial charge in [-0.2, -0.15) is 0 Å². The fourth-order valence-electron chi connectivity index (χ4n) is 13.0. The number of hydrogen-bond donors (Lipinski definition) is 0. The van der Waals surface area contributed by atoms with Crippen molar-refractivity contribution in [1.82, 2.24) is 0 Å². The molecule has 0 amide bonds. The molecular weight excluding hydrogens is 876 g/mol. The first-order chi connectivity index (χ1) is 33.0. The Morgan fingerprint density at radius 2 is 0.958 bits per heavy atom. The Morgan fingerprint density at radius 3 is 1.55 bits per heavy atom. The van der Waals surface area contributed by atoms with Gasteiger partial charge in [0.25, 0.3) is 6.71 Å². The predicted octanol–water partition coefficient (Wildman–Crippen LogP) is 17.5. The summed E-state index contributed by atoms with van der Waals surface area (Å²) >= 11 is 1.98. The highest BCUT2D eigenvalue weighted by atomic mass is 32.1. The molecule has 366 valence electrons. The van der Waals surface area contributed by atoms with Gasteiger partial charge in [0.15, 0.2) is 0 Å². The average Bonchev–Trinajstić information content (AvgIpc) is 3.66. The second kappa shape index (κ2) is 15.5. The number of thiophene rings is 1. The second-order valence-electron chi connectivity index (χ2n) is 28.1. The van der Waals surface area contributed by atoms with Gasteiger partial charge in [-0.25, -0.2) is 0 Å². The van der Waals surface area contributed by atoms with E-state index in [0.29, 0.717) is 0 Å². The van der Waals surface area contributed by atoms with Crippen LogP contribution in [0.25, 0.3) is 21.2 Å². The summed E-state index contributed by atoms with van der Waals surface area (Å²) in [6.45, 7) is 43.4. The van der Waals surface area contributed by atoms with E-state index in [4.69, 9.17) is 0 Å². The average molecular weight is 955 g/mol. The molecule has 3 heterocycles. The second-order valence-corrected chi connectivity index (χ2v) is 29.2. The number of anilines is 6. The summed E-state index contributed by atoms with van der Waals surface area (Å²) in [6.07, 6.45) is 4.73. The van der Waals surface area contributed by atoms with Gasteiger partial charge in [0.1, 0.15) is 0 Å². The highest BCUT2D eigenvalue weighted by molar-refractivity contribution is 7.26. The molecule has 4 aliphatic rings. The van der Waals surface area contributed by atoms with E-state index in [1.54, 1.807) is 0 Å². The number of nitrogens with zero attached hydrogens (tertiary/aromatic N) is 2. The Labute approximate surface area is 432 Å². The Bertz CT molecular complexity index is 3330. The van der Waals surface area contributed by atoms with Crippen molar-refractivity contribution >= 4 is 78.0 Å². The number of benzene rings is 6. The Morgan fingerprint density at radius 1 is 0.451 bits per heavy atom. The molecule has 0 saturated heterocycles.